The molecule has 1 saturated carbocycles. The Kier molecular flexibility index (Phi) is 4.31. The second kappa shape index (κ2) is 6.22. The molecule has 3 rings (SSSR count). The van der Waals surface area contributed by atoms with Crippen LogP contribution in [0.5, 0.6) is 0 Å². The van der Waals surface area contributed by atoms with Gasteiger partial charge in [0, 0.05) is 6.54 Å². The lowest BCUT2D eigenvalue weighted by Gasteiger charge is -2.26. The van der Waals surface area contributed by atoms with E-state index in [0.717, 1.165) is 12.8 Å². The first-order chi connectivity index (χ1) is 10.6. The van der Waals surface area contributed by atoms with Crippen molar-refractivity contribution in [3.8, 4) is 0 Å². The number of ether oxygens (including phenoxy) is 1. The highest BCUT2D eigenvalue weighted by atomic mass is 19.1. The Bertz CT molecular complexity index is 558. The molecular formula is C16H21FN2O3. The highest BCUT2D eigenvalue weighted by Crippen LogP contribution is 2.35. The monoisotopic (exact) mass is 308 g/mol. The lowest BCUT2D eigenvalue weighted by Crippen LogP contribution is -2.27. The molecule has 6 heteroatoms. The molecule has 1 saturated heterocycles. The van der Waals surface area contributed by atoms with Crippen LogP contribution < -0.4 is 10.6 Å². The maximum Gasteiger partial charge on any atom is 0.414 e. The molecule has 22 heavy (non-hydrogen) atoms. The second-order valence-electron chi connectivity index (χ2n) is 6.06. The van der Waals surface area contributed by atoms with Crippen LogP contribution >= 0.6 is 0 Å². The number of carbonyl (C=O) groups excluding carboxylic acids is 1. The molecule has 0 bridgehead atoms. The molecule has 1 amide bonds. The summed E-state index contributed by atoms with van der Waals surface area (Å²) in [5, 5.41) is 9.55. The van der Waals surface area contributed by atoms with Crippen LogP contribution in [0.15, 0.2) is 18.2 Å². The number of halogens is 1. The van der Waals surface area contributed by atoms with Gasteiger partial charge in [-0.15, -0.1) is 0 Å². The minimum absolute atomic E-state index is 0.139. The van der Waals surface area contributed by atoms with Crippen LogP contribution in [-0.4, -0.2) is 36.5 Å². The van der Waals surface area contributed by atoms with Crippen LogP contribution in [0.4, 0.5) is 14.9 Å². The molecule has 1 aromatic rings. The Morgan fingerprint density at radius 1 is 1.32 bits per heavy atom. The number of amides is 1. The quantitative estimate of drug-likeness (QED) is 0.897. The zero-order valence-electron chi connectivity index (χ0n) is 12.4. The largest absolute Gasteiger partial charge is 0.443 e. The van der Waals surface area contributed by atoms with Crippen LogP contribution in [0.2, 0.25) is 0 Å². The Morgan fingerprint density at radius 3 is 2.64 bits per heavy atom. The predicted octanol–water partition coefficient (Wildman–Crippen LogP) is 2.13. The third-order valence-electron chi connectivity index (χ3n) is 4.57. The van der Waals surface area contributed by atoms with Gasteiger partial charge in [0.25, 0.3) is 0 Å². The molecule has 0 unspecified atom stereocenters. The first-order valence-electron chi connectivity index (χ1n) is 7.74. The molecule has 5 nitrogen and oxygen atoms in total. The Labute approximate surface area is 128 Å². The van der Waals surface area contributed by atoms with Crippen molar-refractivity contribution in [3.63, 3.8) is 0 Å². The molecule has 0 spiro atoms. The summed E-state index contributed by atoms with van der Waals surface area (Å²) in [5.41, 5.74) is 6.66. The summed E-state index contributed by atoms with van der Waals surface area (Å²) >= 11 is 0. The van der Waals surface area contributed by atoms with Gasteiger partial charge in [0.05, 0.1) is 18.3 Å². The fraction of sp³-hybridized carbons (Fsp3) is 0.562. The summed E-state index contributed by atoms with van der Waals surface area (Å²) in [7, 11) is 0. The van der Waals surface area contributed by atoms with Crippen molar-refractivity contribution in [2.75, 3.05) is 18.0 Å². The van der Waals surface area contributed by atoms with Gasteiger partial charge in [0.1, 0.15) is 11.9 Å². The maximum atomic E-state index is 14.4. The zero-order chi connectivity index (χ0) is 15.7. The number of benzene rings is 1. The van der Waals surface area contributed by atoms with Crippen LogP contribution in [-0.2, 0) is 4.74 Å². The number of anilines is 1. The van der Waals surface area contributed by atoms with E-state index >= 15 is 0 Å². The fourth-order valence-electron chi connectivity index (χ4n) is 3.26. The molecule has 1 aromatic carbocycles. The average molecular weight is 308 g/mol. The minimum Gasteiger partial charge on any atom is -0.443 e. The molecule has 1 heterocycles. The summed E-state index contributed by atoms with van der Waals surface area (Å²) in [6.45, 7) is 0.608. The average Bonchev–Trinajstić information content (AvgIpc) is 2.89. The lowest BCUT2D eigenvalue weighted by atomic mass is 9.82. The molecule has 1 aliphatic heterocycles. The number of hydrogen-bond acceptors (Lipinski definition) is 4. The van der Waals surface area contributed by atoms with Gasteiger partial charge in [-0.05, 0) is 49.3 Å². The lowest BCUT2D eigenvalue weighted by molar-refractivity contribution is 0.122. The number of hydrogen-bond donors (Lipinski definition) is 2. The smallest absolute Gasteiger partial charge is 0.414 e. The van der Waals surface area contributed by atoms with Gasteiger partial charge in [-0.25, -0.2) is 9.18 Å². The third kappa shape index (κ3) is 2.94. The molecule has 0 radical (unpaired) electrons. The summed E-state index contributed by atoms with van der Waals surface area (Å²) in [6.07, 6.45) is 1.92. The molecule has 120 valence electrons. The SMILES string of the molecule is NC[C@H]1CN(c2ccc(C3CCC(O)CC3)c(F)c2)C(=O)O1. The van der Waals surface area contributed by atoms with Crippen molar-refractivity contribution in [1.29, 1.82) is 0 Å². The summed E-state index contributed by atoms with van der Waals surface area (Å²) in [4.78, 5) is 13.2. The highest BCUT2D eigenvalue weighted by molar-refractivity contribution is 5.89. The zero-order valence-corrected chi connectivity index (χ0v) is 12.4. The van der Waals surface area contributed by atoms with E-state index in [2.05, 4.69) is 0 Å². The van der Waals surface area contributed by atoms with E-state index in [1.165, 1.54) is 11.0 Å². The number of cyclic esters (lactones) is 1. The third-order valence-corrected chi connectivity index (χ3v) is 4.57. The van der Waals surface area contributed by atoms with Crippen molar-refractivity contribution in [3.05, 3.63) is 29.6 Å². The van der Waals surface area contributed by atoms with Gasteiger partial charge < -0.3 is 15.6 Å². The topological polar surface area (TPSA) is 75.8 Å². The molecule has 3 N–H and O–H groups in total. The predicted molar refractivity (Wildman–Crippen MR) is 80.3 cm³/mol. The number of aliphatic hydroxyl groups is 1. The highest BCUT2D eigenvalue weighted by Gasteiger charge is 2.32. The van der Waals surface area contributed by atoms with Gasteiger partial charge in [-0.3, -0.25) is 4.90 Å². The summed E-state index contributed by atoms with van der Waals surface area (Å²) in [5.74, 6) is -0.164. The summed E-state index contributed by atoms with van der Waals surface area (Å²) in [6, 6.07) is 4.89. The van der Waals surface area contributed by atoms with Gasteiger partial charge >= 0.3 is 6.09 Å². The molecule has 1 atom stereocenters. The van der Waals surface area contributed by atoms with Crippen molar-refractivity contribution >= 4 is 11.8 Å². The van der Waals surface area contributed by atoms with Crippen molar-refractivity contribution < 1.29 is 19.0 Å². The van der Waals surface area contributed by atoms with E-state index < -0.39 is 6.09 Å². The number of carbonyl (C=O) groups is 1. The van der Waals surface area contributed by atoms with E-state index in [9.17, 15) is 14.3 Å². The molecule has 2 aliphatic rings. The van der Waals surface area contributed by atoms with Gasteiger partial charge in [-0.1, -0.05) is 6.07 Å². The minimum atomic E-state index is -0.483. The van der Waals surface area contributed by atoms with Crippen molar-refractivity contribution in [1.82, 2.24) is 0 Å². The Hall–Kier alpha value is -1.66. The van der Waals surface area contributed by atoms with E-state index in [1.807, 2.05) is 0 Å². The molecule has 2 fully saturated rings. The molecule has 0 aromatic heterocycles. The molecule has 1 aliphatic carbocycles. The van der Waals surface area contributed by atoms with Crippen LogP contribution in [0.25, 0.3) is 0 Å². The normalized spacial score (nSPS) is 28.8. The van der Waals surface area contributed by atoms with E-state index in [4.69, 9.17) is 10.5 Å². The fourth-order valence-corrected chi connectivity index (χ4v) is 3.26. The van der Waals surface area contributed by atoms with Crippen LogP contribution in [0.1, 0.15) is 37.2 Å². The van der Waals surface area contributed by atoms with Crippen LogP contribution in [0.3, 0.4) is 0 Å². The summed E-state index contributed by atoms with van der Waals surface area (Å²) < 4.78 is 19.5. The second-order valence-corrected chi connectivity index (χ2v) is 6.06. The van der Waals surface area contributed by atoms with Crippen molar-refractivity contribution in [2.24, 2.45) is 5.73 Å². The number of nitrogens with two attached hydrogens (primary N) is 1. The van der Waals surface area contributed by atoms with Crippen LogP contribution in [0, 0.1) is 5.82 Å². The van der Waals surface area contributed by atoms with Gasteiger partial charge in [-0.2, -0.15) is 0 Å². The number of nitrogens with zero attached hydrogens (tertiary/aromatic N) is 1. The van der Waals surface area contributed by atoms with E-state index in [1.54, 1.807) is 12.1 Å². The first kappa shape index (κ1) is 15.2. The number of rotatable bonds is 3. The van der Waals surface area contributed by atoms with Crippen molar-refractivity contribution in [2.45, 2.75) is 43.8 Å². The molecular weight excluding hydrogens is 287 g/mol. The maximum absolute atomic E-state index is 14.4. The van der Waals surface area contributed by atoms with E-state index in [0.29, 0.717) is 30.6 Å². The first-order valence-corrected chi connectivity index (χ1v) is 7.74. The Morgan fingerprint density at radius 2 is 2.05 bits per heavy atom. The van der Waals surface area contributed by atoms with E-state index in [-0.39, 0.29) is 30.5 Å². The van der Waals surface area contributed by atoms with Gasteiger partial charge in [0.2, 0.25) is 0 Å². The number of aliphatic hydroxyl groups excluding tert-OH is 1. The standard InChI is InChI=1S/C16H21FN2O3/c17-15-7-11(19-9-13(8-18)22-16(19)21)3-6-14(15)10-1-4-12(20)5-2-10/h3,6-7,10,12-13,20H,1-2,4-5,8-9,18H2/t10?,12?,13-/m0/s1. The Balaban J connectivity index is 1.76. The van der Waals surface area contributed by atoms with Gasteiger partial charge in [0.15, 0.2) is 0 Å².